The van der Waals surface area contributed by atoms with Crippen LogP contribution in [0, 0.1) is 11.8 Å². The summed E-state index contributed by atoms with van der Waals surface area (Å²) in [4.78, 5) is 14.4. The Hall–Kier alpha value is -1.90. The van der Waals surface area contributed by atoms with E-state index in [-0.39, 0.29) is 41.9 Å². The number of carbonyl (C=O) groups excluding carboxylic acids is 1. The molecule has 1 aromatic carbocycles. The summed E-state index contributed by atoms with van der Waals surface area (Å²) in [5.41, 5.74) is 2.19. The van der Waals surface area contributed by atoms with Gasteiger partial charge in [-0.05, 0) is 62.3 Å². The number of carbonyl (C=O) groups is 1. The van der Waals surface area contributed by atoms with Gasteiger partial charge in [-0.15, -0.1) is 0 Å². The molecule has 1 aliphatic heterocycles. The number of aliphatic hydroxyl groups excluding tert-OH is 1. The van der Waals surface area contributed by atoms with Crippen LogP contribution in [0.5, 0.6) is 5.75 Å². The number of nitrogens with zero attached hydrogens (tertiary/aromatic N) is 2. The van der Waals surface area contributed by atoms with E-state index in [4.69, 9.17) is 4.74 Å². The minimum atomic E-state index is -3.85. The first-order valence-corrected chi connectivity index (χ1v) is 13.0. The van der Waals surface area contributed by atoms with Crippen molar-refractivity contribution in [2.45, 2.75) is 63.0 Å². The van der Waals surface area contributed by atoms with Crippen LogP contribution in [0.2, 0.25) is 0 Å². The molecule has 3 aliphatic rings. The van der Waals surface area contributed by atoms with Gasteiger partial charge in [-0.25, -0.2) is 8.42 Å². The Balaban J connectivity index is 1.73. The Bertz CT molecular complexity index is 1000. The monoisotopic (exact) mass is 462 g/mol. The van der Waals surface area contributed by atoms with Crippen LogP contribution in [0.15, 0.2) is 29.2 Å². The fourth-order valence-electron chi connectivity index (χ4n) is 4.58. The predicted molar refractivity (Wildman–Crippen MR) is 123 cm³/mol. The number of likely N-dealkylation sites (N-methyl/N-ethyl adjacent to an activating group) is 1. The van der Waals surface area contributed by atoms with E-state index in [0.29, 0.717) is 12.3 Å². The maximum Gasteiger partial charge on any atom is 0.247 e. The van der Waals surface area contributed by atoms with Crippen LogP contribution < -0.4 is 4.74 Å². The van der Waals surface area contributed by atoms with Crippen molar-refractivity contribution < 1.29 is 23.1 Å². The molecule has 0 saturated heterocycles. The van der Waals surface area contributed by atoms with Gasteiger partial charge in [0.1, 0.15) is 16.7 Å². The summed E-state index contributed by atoms with van der Waals surface area (Å²) in [6, 6.07) is 4.75. The molecule has 2 aliphatic carbocycles. The highest BCUT2D eigenvalue weighted by Gasteiger charge is 2.39. The highest BCUT2D eigenvalue weighted by molar-refractivity contribution is 7.89. The van der Waals surface area contributed by atoms with E-state index in [1.54, 1.807) is 24.9 Å². The molecule has 0 spiro atoms. The molecule has 1 fully saturated rings. The van der Waals surface area contributed by atoms with Crippen molar-refractivity contribution >= 4 is 21.5 Å². The third kappa shape index (κ3) is 4.58. The van der Waals surface area contributed by atoms with Crippen LogP contribution in [0.3, 0.4) is 0 Å². The lowest BCUT2D eigenvalue weighted by molar-refractivity contribution is -0.132. The zero-order chi connectivity index (χ0) is 23.0. The third-order valence-electron chi connectivity index (χ3n) is 6.84. The van der Waals surface area contributed by atoms with Gasteiger partial charge in [-0.3, -0.25) is 4.79 Å². The van der Waals surface area contributed by atoms with Crippen LogP contribution in [0.1, 0.15) is 51.5 Å². The van der Waals surface area contributed by atoms with Gasteiger partial charge in [-0.1, -0.05) is 19.1 Å². The van der Waals surface area contributed by atoms with Crippen molar-refractivity contribution in [1.82, 2.24) is 9.21 Å². The Kier molecular flexibility index (Phi) is 6.66. The Morgan fingerprint density at radius 2 is 2.09 bits per heavy atom. The fourth-order valence-corrected chi connectivity index (χ4v) is 6.40. The summed E-state index contributed by atoms with van der Waals surface area (Å²) in [7, 11) is -2.06. The quantitative estimate of drug-likeness (QED) is 0.702. The lowest BCUT2D eigenvalue weighted by Gasteiger charge is -2.37. The smallest absolute Gasteiger partial charge is 0.247 e. The van der Waals surface area contributed by atoms with Gasteiger partial charge < -0.3 is 14.7 Å². The van der Waals surface area contributed by atoms with Crippen molar-refractivity contribution in [3.8, 4) is 5.75 Å². The number of fused-ring (bicyclic) bond motifs is 1. The van der Waals surface area contributed by atoms with Crippen LogP contribution in [-0.2, 0) is 14.8 Å². The summed E-state index contributed by atoms with van der Waals surface area (Å²) < 4.78 is 34.8. The van der Waals surface area contributed by atoms with Crippen molar-refractivity contribution in [2.24, 2.45) is 11.8 Å². The maximum atomic E-state index is 13.5. The van der Waals surface area contributed by atoms with Gasteiger partial charge in [0.25, 0.3) is 0 Å². The first-order chi connectivity index (χ1) is 15.2. The molecule has 3 atom stereocenters. The number of hydrogen-bond acceptors (Lipinski definition) is 5. The van der Waals surface area contributed by atoms with E-state index in [0.717, 1.165) is 37.7 Å². The molecular formula is C24H34N2O5S. The number of allylic oxidation sites excluding steroid dienone is 2. The second kappa shape index (κ2) is 9.15. The van der Waals surface area contributed by atoms with E-state index in [2.05, 4.69) is 6.08 Å². The number of aliphatic hydroxyl groups is 1. The molecule has 0 bridgehead atoms. The lowest BCUT2D eigenvalue weighted by Crippen LogP contribution is -2.50. The number of benzene rings is 1. The van der Waals surface area contributed by atoms with E-state index in [1.165, 1.54) is 9.88 Å². The Morgan fingerprint density at radius 1 is 1.34 bits per heavy atom. The van der Waals surface area contributed by atoms with E-state index >= 15 is 0 Å². The Labute approximate surface area is 191 Å². The van der Waals surface area contributed by atoms with Crippen molar-refractivity contribution in [2.75, 3.05) is 26.7 Å². The van der Waals surface area contributed by atoms with Gasteiger partial charge in [0.2, 0.25) is 15.9 Å². The molecule has 1 aromatic rings. The number of ether oxygens (including phenoxy) is 1. The molecule has 1 saturated carbocycles. The average Bonchev–Trinajstić information content (AvgIpc) is 3.48. The van der Waals surface area contributed by atoms with Gasteiger partial charge in [0, 0.05) is 31.5 Å². The summed E-state index contributed by atoms with van der Waals surface area (Å²) in [5.74, 6) is 0.398. The van der Waals surface area contributed by atoms with Crippen molar-refractivity contribution in [1.29, 1.82) is 0 Å². The van der Waals surface area contributed by atoms with Crippen molar-refractivity contribution in [3.63, 3.8) is 0 Å². The van der Waals surface area contributed by atoms with Gasteiger partial charge >= 0.3 is 0 Å². The van der Waals surface area contributed by atoms with Crippen LogP contribution in [0.4, 0.5) is 0 Å². The lowest BCUT2D eigenvalue weighted by atomic mass is 10.0. The highest BCUT2D eigenvalue weighted by Crippen LogP contribution is 2.38. The third-order valence-corrected chi connectivity index (χ3v) is 8.86. The van der Waals surface area contributed by atoms with E-state index < -0.39 is 16.1 Å². The molecule has 0 aromatic heterocycles. The van der Waals surface area contributed by atoms with Gasteiger partial charge in [-0.2, -0.15) is 4.31 Å². The molecule has 0 radical (unpaired) electrons. The number of hydrogen-bond donors (Lipinski definition) is 1. The van der Waals surface area contributed by atoms with Crippen molar-refractivity contribution in [3.05, 3.63) is 29.8 Å². The molecule has 7 nitrogen and oxygen atoms in total. The van der Waals surface area contributed by atoms with Gasteiger partial charge in [0.05, 0.1) is 13.2 Å². The normalized spacial score (nSPS) is 26.3. The van der Waals surface area contributed by atoms with E-state index in [1.807, 2.05) is 19.1 Å². The van der Waals surface area contributed by atoms with E-state index in [9.17, 15) is 18.3 Å². The second-order valence-electron chi connectivity index (χ2n) is 9.52. The number of rotatable bonds is 6. The van der Waals surface area contributed by atoms with Gasteiger partial charge in [0.15, 0.2) is 0 Å². The molecule has 4 rings (SSSR count). The molecule has 1 amide bonds. The summed E-state index contributed by atoms with van der Waals surface area (Å²) >= 11 is 0. The first kappa shape index (κ1) is 23.3. The second-order valence-corrected chi connectivity index (χ2v) is 11.4. The number of sulfonamides is 1. The summed E-state index contributed by atoms with van der Waals surface area (Å²) in [6.45, 7) is 4.00. The molecular weight excluding hydrogens is 428 g/mol. The van der Waals surface area contributed by atoms with Crippen LogP contribution in [-0.4, -0.2) is 67.5 Å². The van der Waals surface area contributed by atoms with Crippen LogP contribution >= 0.6 is 0 Å². The summed E-state index contributed by atoms with van der Waals surface area (Å²) in [6.07, 6.45) is 6.80. The minimum absolute atomic E-state index is 0.114. The molecule has 1 heterocycles. The molecule has 176 valence electrons. The molecule has 8 heteroatoms. The molecule has 1 N–H and O–H groups in total. The highest BCUT2D eigenvalue weighted by atomic mass is 32.2. The molecule has 0 unspecified atom stereocenters. The minimum Gasteiger partial charge on any atom is -0.487 e. The molecule has 32 heavy (non-hydrogen) atoms. The summed E-state index contributed by atoms with van der Waals surface area (Å²) in [5, 5.41) is 9.76. The zero-order valence-corrected chi connectivity index (χ0v) is 20.0. The predicted octanol–water partition coefficient (Wildman–Crippen LogP) is 2.89. The van der Waals surface area contributed by atoms with Crippen LogP contribution in [0.25, 0.3) is 5.57 Å². The standard InChI is InChI=1S/C24H34N2O5S/c1-16-13-26(17(2)15-27)32(29,30)23-11-10-20(18-6-4-5-7-18)12-21(23)31-22(16)14-25(3)24(28)19-8-9-19/h6,10-12,16-17,19,22,27H,4-5,7-9,13-15H2,1-3H3/t16-,17+,22+/m0/s1. The average molecular weight is 463 g/mol. The largest absolute Gasteiger partial charge is 0.487 e. The maximum absolute atomic E-state index is 13.5. The zero-order valence-electron chi connectivity index (χ0n) is 19.2. The fraction of sp³-hybridized carbons (Fsp3) is 0.625. The first-order valence-electron chi connectivity index (χ1n) is 11.6. The Morgan fingerprint density at radius 3 is 2.72 bits per heavy atom. The number of amides is 1. The SMILES string of the molecule is C[C@H](CO)N1C[C@H](C)[C@@H](CN(C)C(=O)C2CC2)Oc2cc(C3=CCCC3)ccc2S1(=O)=O. The topological polar surface area (TPSA) is 87.2 Å².